The summed E-state index contributed by atoms with van der Waals surface area (Å²) in [5, 5.41) is 8.70. The first-order valence-electron chi connectivity index (χ1n) is 7.78. The van der Waals surface area contributed by atoms with Crippen LogP contribution in [0.25, 0.3) is 0 Å². The van der Waals surface area contributed by atoms with Crippen LogP contribution in [0, 0.1) is 0 Å². The van der Waals surface area contributed by atoms with Crippen LogP contribution in [0.1, 0.15) is 31.2 Å². The first kappa shape index (κ1) is 18.4. The Morgan fingerprint density at radius 2 is 1.92 bits per heavy atom. The van der Waals surface area contributed by atoms with Gasteiger partial charge in [-0.3, -0.25) is 14.8 Å². The fourth-order valence-corrected chi connectivity index (χ4v) is 3.92. The van der Waals surface area contributed by atoms with Crippen LogP contribution in [0.3, 0.4) is 0 Å². The smallest absolute Gasteiger partial charge is 0.337 e. The maximum atomic E-state index is 12.6. The van der Waals surface area contributed by atoms with Gasteiger partial charge in [0.15, 0.2) is 0 Å². The van der Waals surface area contributed by atoms with E-state index in [0.29, 0.717) is 30.0 Å². The minimum atomic E-state index is -4.40. The second-order valence-electron chi connectivity index (χ2n) is 5.94. The number of carbonyl (C=O) groups is 2. The van der Waals surface area contributed by atoms with Gasteiger partial charge in [0, 0.05) is 11.4 Å². The predicted molar refractivity (Wildman–Crippen MR) is 87.8 cm³/mol. The zero-order valence-electron chi connectivity index (χ0n) is 13.5. The molecule has 26 heavy (non-hydrogen) atoms. The molecule has 0 fully saturated rings. The van der Waals surface area contributed by atoms with Crippen molar-refractivity contribution >= 4 is 23.2 Å². The van der Waals surface area contributed by atoms with Gasteiger partial charge in [-0.25, -0.2) is 5.48 Å². The summed E-state index contributed by atoms with van der Waals surface area (Å²) in [5.41, 5.74) is 2.32. The number of hydrogen-bond acceptors (Lipinski definition) is 4. The highest BCUT2D eigenvalue weighted by Crippen LogP contribution is 2.30. The summed E-state index contributed by atoms with van der Waals surface area (Å²) in [4.78, 5) is 26.8. The Kier molecular flexibility index (Phi) is 5.01. The summed E-state index contributed by atoms with van der Waals surface area (Å²) in [6.45, 7) is 0.821. The standard InChI is InChI=1S/C17H15F3N2O3S/c18-17(19,20)12-3-1-10(2-4-12)7-15(23)22-6-5-11-8-13(16(24)21-25)26-14(11)9-22/h1-4,8,25H,5-7,9H2,(H,21,24). The van der Waals surface area contributed by atoms with Crippen molar-refractivity contribution in [3.63, 3.8) is 0 Å². The molecule has 0 radical (unpaired) electrons. The summed E-state index contributed by atoms with van der Waals surface area (Å²) in [5.74, 6) is -0.774. The number of amides is 2. The molecular weight excluding hydrogens is 369 g/mol. The van der Waals surface area contributed by atoms with Crippen LogP contribution in [0.5, 0.6) is 0 Å². The third kappa shape index (κ3) is 3.88. The number of hydroxylamine groups is 1. The van der Waals surface area contributed by atoms with Gasteiger partial charge < -0.3 is 4.90 Å². The van der Waals surface area contributed by atoms with E-state index in [1.165, 1.54) is 23.5 Å². The topological polar surface area (TPSA) is 69.6 Å². The molecule has 0 bridgehead atoms. The third-order valence-electron chi connectivity index (χ3n) is 4.20. The molecule has 1 aliphatic heterocycles. The lowest BCUT2D eigenvalue weighted by molar-refractivity contribution is -0.137. The fraction of sp³-hybridized carbons (Fsp3) is 0.294. The van der Waals surface area contributed by atoms with Crippen LogP contribution in [-0.2, 0) is 30.4 Å². The molecule has 2 aromatic rings. The largest absolute Gasteiger partial charge is 0.416 e. The Morgan fingerprint density at radius 1 is 1.23 bits per heavy atom. The highest BCUT2D eigenvalue weighted by molar-refractivity contribution is 7.14. The van der Waals surface area contributed by atoms with Crippen molar-refractivity contribution in [2.45, 2.75) is 25.6 Å². The molecule has 1 aliphatic rings. The minimum absolute atomic E-state index is 0.0167. The molecule has 1 aromatic carbocycles. The number of halogens is 3. The van der Waals surface area contributed by atoms with Crippen molar-refractivity contribution in [2.75, 3.05) is 6.54 Å². The second kappa shape index (κ2) is 7.08. The Labute approximate surface area is 151 Å². The highest BCUT2D eigenvalue weighted by atomic mass is 32.1. The van der Waals surface area contributed by atoms with Crippen molar-refractivity contribution in [2.24, 2.45) is 0 Å². The van der Waals surface area contributed by atoms with E-state index in [1.54, 1.807) is 16.4 Å². The van der Waals surface area contributed by atoms with E-state index in [9.17, 15) is 22.8 Å². The quantitative estimate of drug-likeness (QED) is 0.631. The second-order valence-corrected chi connectivity index (χ2v) is 7.07. The monoisotopic (exact) mass is 384 g/mol. The van der Waals surface area contributed by atoms with E-state index >= 15 is 0 Å². The van der Waals surface area contributed by atoms with E-state index in [-0.39, 0.29) is 12.3 Å². The molecule has 9 heteroatoms. The van der Waals surface area contributed by atoms with Gasteiger partial charge in [0.1, 0.15) is 0 Å². The van der Waals surface area contributed by atoms with Crippen molar-refractivity contribution in [3.05, 3.63) is 56.8 Å². The number of thiophene rings is 1. The van der Waals surface area contributed by atoms with Crippen LogP contribution in [0.2, 0.25) is 0 Å². The van der Waals surface area contributed by atoms with Crippen molar-refractivity contribution < 1.29 is 28.0 Å². The molecule has 1 aromatic heterocycles. The van der Waals surface area contributed by atoms with Gasteiger partial charge in [-0.2, -0.15) is 13.2 Å². The summed E-state index contributed by atoms with van der Waals surface area (Å²) < 4.78 is 37.7. The normalized spacial score (nSPS) is 14.1. The van der Waals surface area contributed by atoms with E-state index in [2.05, 4.69) is 0 Å². The van der Waals surface area contributed by atoms with E-state index in [4.69, 9.17) is 5.21 Å². The Bertz CT molecular complexity index is 831. The molecular formula is C17H15F3N2O3S. The van der Waals surface area contributed by atoms with Gasteiger partial charge in [0.05, 0.1) is 23.4 Å². The minimum Gasteiger partial charge on any atom is -0.337 e. The molecule has 5 nitrogen and oxygen atoms in total. The Morgan fingerprint density at radius 3 is 2.54 bits per heavy atom. The first-order chi connectivity index (χ1) is 12.3. The molecule has 3 rings (SSSR count). The van der Waals surface area contributed by atoms with Gasteiger partial charge in [0.25, 0.3) is 5.91 Å². The summed E-state index contributed by atoms with van der Waals surface area (Å²) in [6.07, 6.45) is -3.80. The van der Waals surface area contributed by atoms with Crippen molar-refractivity contribution in [3.8, 4) is 0 Å². The molecule has 2 amide bonds. The van der Waals surface area contributed by atoms with Crippen LogP contribution >= 0.6 is 11.3 Å². The molecule has 0 atom stereocenters. The van der Waals surface area contributed by atoms with E-state index in [1.807, 2.05) is 0 Å². The number of carbonyl (C=O) groups excluding carboxylic acids is 2. The average Bonchev–Trinajstić information content (AvgIpc) is 3.04. The van der Waals surface area contributed by atoms with E-state index in [0.717, 1.165) is 22.6 Å². The number of fused-ring (bicyclic) bond motifs is 1. The molecule has 2 N–H and O–H groups in total. The lowest BCUT2D eigenvalue weighted by Crippen LogP contribution is -2.36. The van der Waals surface area contributed by atoms with Gasteiger partial charge in [-0.15, -0.1) is 11.3 Å². The van der Waals surface area contributed by atoms with Crippen LogP contribution < -0.4 is 5.48 Å². The fourth-order valence-electron chi connectivity index (χ4n) is 2.80. The molecule has 0 saturated heterocycles. The number of nitrogens with zero attached hydrogens (tertiary/aromatic N) is 1. The molecule has 0 spiro atoms. The molecule has 2 heterocycles. The molecule has 0 unspecified atom stereocenters. The third-order valence-corrected chi connectivity index (χ3v) is 5.36. The molecule has 138 valence electrons. The van der Waals surface area contributed by atoms with Crippen LogP contribution in [0.15, 0.2) is 30.3 Å². The lowest BCUT2D eigenvalue weighted by Gasteiger charge is -2.27. The zero-order chi connectivity index (χ0) is 18.9. The Balaban J connectivity index is 1.66. The number of nitrogens with one attached hydrogen (secondary N) is 1. The molecule has 0 aliphatic carbocycles. The maximum Gasteiger partial charge on any atom is 0.416 e. The van der Waals surface area contributed by atoms with Crippen molar-refractivity contribution in [1.82, 2.24) is 10.4 Å². The number of alkyl halides is 3. The zero-order valence-corrected chi connectivity index (χ0v) is 14.3. The summed E-state index contributed by atoms with van der Waals surface area (Å²) in [6, 6.07) is 6.25. The first-order valence-corrected chi connectivity index (χ1v) is 8.59. The maximum absolute atomic E-state index is 12.6. The summed E-state index contributed by atoms with van der Waals surface area (Å²) in [7, 11) is 0. The Hall–Kier alpha value is -2.39. The van der Waals surface area contributed by atoms with E-state index < -0.39 is 17.6 Å². The van der Waals surface area contributed by atoms with Gasteiger partial charge in [-0.05, 0) is 35.7 Å². The average molecular weight is 384 g/mol. The van der Waals surface area contributed by atoms with Gasteiger partial charge in [-0.1, -0.05) is 12.1 Å². The lowest BCUT2D eigenvalue weighted by atomic mass is 10.1. The number of benzene rings is 1. The van der Waals surface area contributed by atoms with Crippen LogP contribution in [0.4, 0.5) is 13.2 Å². The number of rotatable bonds is 3. The van der Waals surface area contributed by atoms with Gasteiger partial charge in [0.2, 0.25) is 5.91 Å². The van der Waals surface area contributed by atoms with Crippen molar-refractivity contribution in [1.29, 1.82) is 0 Å². The molecule has 0 saturated carbocycles. The highest BCUT2D eigenvalue weighted by Gasteiger charge is 2.30. The predicted octanol–water partition coefficient (Wildman–Crippen LogP) is 3.01. The van der Waals surface area contributed by atoms with Gasteiger partial charge >= 0.3 is 6.18 Å². The number of hydrogen-bond donors (Lipinski definition) is 2. The van der Waals surface area contributed by atoms with Crippen LogP contribution in [-0.4, -0.2) is 28.5 Å². The SMILES string of the molecule is O=C(NO)c1cc2c(s1)CN(C(=O)Cc1ccc(C(F)(F)F)cc1)CC2. The summed E-state index contributed by atoms with van der Waals surface area (Å²) >= 11 is 1.21.